The van der Waals surface area contributed by atoms with Gasteiger partial charge in [0.2, 0.25) is 5.95 Å². The molecule has 102 valence electrons. The van der Waals surface area contributed by atoms with Crippen molar-refractivity contribution in [2.45, 2.75) is 0 Å². The van der Waals surface area contributed by atoms with E-state index >= 15 is 0 Å². The van der Waals surface area contributed by atoms with Crippen LogP contribution in [0.25, 0.3) is 16.7 Å². The van der Waals surface area contributed by atoms with Gasteiger partial charge in [-0.25, -0.2) is 13.8 Å². The van der Waals surface area contributed by atoms with Crippen molar-refractivity contribution in [2.24, 2.45) is 0 Å². The average molecular weight is 403 g/mol. The van der Waals surface area contributed by atoms with Crippen LogP contribution in [0.3, 0.4) is 0 Å². The fraction of sp³-hybridized carbons (Fsp3) is 0. The SMILES string of the molecule is Nc1nc2cc(Br)c(F)cc2n1-c1ccc(Br)c(F)c1. The Hall–Kier alpha value is -1.47. The van der Waals surface area contributed by atoms with Crippen LogP contribution in [0, 0.1) is 11.6 Å². The smallest absolute Gasteiger partial charge is 0.205 e. The van der Waals surface area contributed by atoms with E-state index in [2.05, 4.69) is 36.8 Å². The van der Waals surface area contributed by atoms with Crippen LogP contribution in [0.5, 0.6) is 0 Å². The Morgan fingerprint density at radius 2 is 1.70 bits per heavy atom. The molecular weight excluding hydrogens is 396 g/mol. The van der Waals surface area contributed by atoms with Gasteiger partial charge in [-0.2, -0.15) is 0 Å². The lowest BCUT2D eigenvalue weighted by atomic mass is 10.2. The molecule has 0 saturated heterocycles. The number of nitrogens with zero attached hydrogens (tertiary/aromatic N) is 2. The first-order chi connectivity index (χ1) is 9.47. The van der Waals surface area contributed by atoms with Crippen molar-refractivity contribution < 1.29 is 8.78 Å². The topological polar surface area (TPSA) is 43.8 Å². The fourth-order valence-electron chi connectivity index (χ4n) is 1.99. The summed E-state index contributed by atoms with van der Waals surface area (Å²) in [7, 11) is 0. The summed E-state index contributed by atoms with van der Waals surface area (Å²) in [5.74, 6) is -0.697. The van der Waals surface area contributed by atoms with Gasteiger partial charge in [-0.3, -0.25) is 4.57 Å². The maximum Gasteiger partial charge on any atom is 0.205 e. The molecule has 0 aliphatic heterocycles. The van der Waals surface area contributed by atoms with Gasteiger partial charge < -0.3 is 5.73 Å². The zero-order valence-corrected chi connectivity index (χ0v) is 13.0. The number of hydrogen-bond donors (Lipinski definition) is 1. The molecule has 0 atom stereocenters. The minimum Gasteiger partial charge on any atom is -0.369 e. The number of fused-ring (bicyclic) bond motifs is 1. The normalized spacial score (nSPS) is 11.2. The minimum absolute atomic E-state index is 0.166. The molecule has 0 spiro atoms. The molecule has 0 bridgehead atoms. The van der Waals surface area contributed by atoms with Gasteiger partial charge in [0.1, 0.15) is 11.6 Å². The van der Waals surface area contributed by atoms with Crippen LogP contribution in [0.2, 0.25) is 0 Å². The summed E-state index contributed by atoms with van der Waals surface area (Å²) in [5, 5.41) is 0. The fourth-order valence-corrected chi connectivity index (χ4v) is 2.56. The molecule has 0 aliphatic rings. The number of benzene rings is 2. The van der Waals surface area contributed by atoms with E-state index in [1.54, 1.807) is 12.1 Å². The van der Waals surface area contributed by atoms with E-state index in [-0.39, 0.29) is 5.95 Å². The second-order valence-corrected chi connectivity index (χ2v) is 5.87. The highest BCUT2D eigenvalue weighted by Crippen LogP contribution is 2.29. The monoisotopic (exact) mass is 401 g/mol. The molecule has 1 heterocycles. The molecule has 20 heavy (non-hydrogen) atoms. The lowest BCUT2D eigenvalue weighted by molar-refractivity contribution is 0.620. The molecule has 0 aliphatic carbocycles. The lowest BCUT2D eigenvalue weighted by Gasteiger charge is -2.07. The third kappa shape index (κ3) is 2.10. The van der Waals surface area contributed by atoms with Crippen LogP contribution in [0.1, 0.15) is 0 Å². The Kier molecular flexibility index (Phi) is 3.25. The molecule has 0 unspecified atom stereocenters. The Balaban J connectivity index is 2.32. The summed E-state index contributed by atoms with van der Waals surface area (Å²) in [4.78, 5) is 4.15. The number of rotatable bonds is 1. The summed E-state index contributed by atoms with van der Waals surface area (Å²) >= 11 is 6.18. The number of imidazole rings is 1. The third-order valence-electron chi connectivity index (χ3n) is 2.88. The van der Waals surface area contributed by atoms with Crippen molar-refractivity contribution in [1.29, 1.82) is 0 Å². The molecule has 0 fully saturated rings. The van der Waals surface area contributed by atoms with Crippen LogP contribution in [0.15, 0.2) is 39.3 Å². The lowest BCUT2D eigenvalue weighted by Crippen LogP contribution is -2.01. The highest BCUT2D eigenvalue weighted by atomic mass is 79.9. The van der Waals surface area contributed by atoms with Crippen LogP contribution >= 0.6 is 31.9 Å². The Labute approximate surface area is 129 Å². The highest BCUT2D eigenvalue weighted by molar-refractivity contribution is 9.10. The number of halogens is 4. The van der Waals surface area contributed by atoms with Crippen molar-refractivity contribution in [3.8, 4) is 5.69 Å². The molecule has 0 saturated carbocycles. The zero-order valence-electron chi connectivity index (χ0n) is 9.87. The van der Waals surface area contributed by atoms with Crippen molar-refractivity contribution in [3.05, 3.63) is 50.9 Å². The minimum atomic E-state index is -0.434. The van der Waals surface area contributed by atoms with Gasteiger partial charge >= 0.3 is 0 Å². The molecule has 2 N–H and O–H groups in total. The molecule has 0 amide bonds. The predicted octanol–water partition coefficient (Wildman–Crippen LogP) is 4.41. The molecule has 2 aromatic carbocycles. The van der Waals surface area contributed by atoms with E-state index in [1.165, 1.54) is 22.8 Å². The van der Waals surface area contributed by atoms with Gasteiger partial charge in [0, 0.05) is 6.07 Å². The van der Waals surface area contributed by atoms with Crippen molar-refractivity contribution in [1.82, 2.24) is 9.55 Å². The molecule has 7 heteroatoms. The first-order valence-corrected chi connectivity index (χ1v) is 7.14. The molecule has 0 radical (unpaired) electrons. The van der Waals surface area contributed by atoms with Gasteiger partial charge in [0.15, 0.2) is 0 Å². The van der Waals surface area contributed by atoms with Gasteiger partial charge in [0.25, 0.3) is 0 Å². The zero-order chi connectivity index (χ0) is 14.4. The van der Waals surface area contributed by atoms with E-state index in [9.17, 15) is 8.78 Å². The molecule has 3 nitrogen and oxygen atoms in total. The average Bonchev–Trinajstić information content (AvgIpc) is 2.69. The summed E-state index contributed by atoms with van der Waals surface area (Å²) in [6.07, 6.45) is 0. The highest BCUT2D eigenvalue weighted by Gasteiger charge is 2.14. The van der Waals surface area contributed by atoms with Crippen molar-refractivity contribution >= 4 is 48.8 Å². The van der Waals surface area contributed by atoms with Crippen LogP contribution in [0.4, 0.5) is 14.7 Å². The summed E-state index contributed by atoms with van der Waals surface area (Å²) in [6.45, 7) is 0. The van der Waals surface area contributed by atoms with E-state index in [0.717, 1.165) is 0 Å². The Morgan fingerprint density at radius 3 is 2.40 bits per heavy atom. The van der Waals surface area contributed by atoms with Gasteiger partial charge in [-0.15, -0.1) is 0 Å². The molecule has 3 rings (SSSR count). The van der Waals surface area contributed by atoms with Crippen LogP contribution in [-0.4, -0.2) is 9.55 Å². The summed E-state index contributed by atoms with van der Waals surface area (Å²) < 4.78 is 29.5. The van der Waals surface area contributed by atoms with Crippen molar-refractivity contribution in [2.75, 3.05) is 5.73 Å². The molecule has 1 aromatic heterocycles. The van der Waals surface area contributed by atoms with Gasteiger partial charge in [-0.05, 0) is 56.1 Å². The van der Waals surface area contributed by atoms with E-state index in [4.69, 9.17) is 5.73 Å². The third-order valence-corrected chi connectivity index (χ3v) is 4.13. The van der Waals surface area contributed by atoms with Crippen molar-refractivity contribution in [3.63, 3.8) is 0 Å². The van der Waals surface area contributed by atoms with Gasteiger partial charge in [-0.1, -0.05) is 0 Å². The largest absolute Gasteiger partial charge is 0.369 e. The maximum absolute atomic E-state index is 13.7. The Bertz CT molecular complexity index is 830. The Morgan fingerprint density at radius 1 is 1.00 bits per heavy atom. The number of anilines is 1. The second kappa shape index (κ2) is 4.82. The molecule has 3 aromatic rings. The predicted molar refractivity (Wildman–Crippen MR) is 80.8 cm³/mol. The van der Waals surface area contributed by atoms with Gasteiger partial charge in [0.05, 0.1) is 25.7 Å². The first-order valence-electron chi connectivity index (χ1n) is 5.56. The van der Waals surface area contributed by atoms with Crippen LogP contribution in [-0.2, 0) is 0 Å². The van der Waals surface area contributed by atoms with E-state index in [0.29, 0.717) is 25.7 Å². The first kappa shape index (κ1) is 13.5. The summed E-state index contributed by atoms with van der Waals surface area (Å²) in [6, 6.07) is 7.38. The number of aromatic nitrogens is 2. The van der Waals surface area contributed by atoms with E-state index in [1.807, 2.05) is 0 Å². The van der Waals surface area contributed by atoms with E-state index < -0.39 is 11.6 Å². The summed E-state index contributed by atoms with van der Waals surface area (Å²) in [5.41, 5.74) is 7.34. The number of nitrogens with two attached hydrogens (primary N) is 1. The molecular formula is C13H7Br2F2N3. The van der Waals surface area contributed by atoms with Crippen LogP contribution < -0.4 is 5.73 Å². The standard InChI is InChI=1S/C13H7Br2F2N3/c14-7-2-1-6(3-9(7)16)20-12-5-10(17)8(15)4-11(12)19-13(20)18/h1-5H,(H2,18,19). The quantitative estimate of drug-likeness (QED) is 0.655. The number of nitrogen functional groups attached to an aromatic ring is 1. The number of hydrogen-bond acceptors (Lipinski definition) is 2. The maximum atomic E-state index is 13.7. The second-order valence-electron chi connectivity index (χ2n) is 4.16.